The van der Waals surface area contributed by atoms with Crippen molar-refractivity contribution in [2.24, 2.45) is 4.99 Å². The molecule has 0 aromatic heterocycles. The molecular weight excluding hydrogens is 124 g/mol. The molecule has 0 aromatic carbocycles. The Hall–Kier alpha value is -0.510. The van der Waals surface area contributed by atoms with Gasteiger partial charge in [-0.2, -0.15) is 0 Å². The highest BCUT2D eigenvalue weighted by Gasteiger charge is 2.03. The number of hydrogen-bond donors (Lipinski definition) is 1. The molecule has 0 saturated carbocycles. The standard InChI is InChI=1S/C4H5N2OS/c7-3-6-4-5-1-2-8-4/h1-2H2,(H,5,6,7). The monoisotopic (exact) mass is 129 g/mol. The largest absolute Gasteiger partial charge is 0.315 e. The van der Waals surface area contributed by atoms with E-state index in [1.165, 1.54) is 0 Å². The van der Waals surface area contributed by atoms with Crippen LogP contribution in [0.2, 0.25) is 0 Å². The van der Waals surface area contributed by atoms with Gasteiger partial charge in [-0.05, 0) is 0 Å². The summed E-state index contributed by atoms with van der Waals surface area (Å²) in [6.45, 7) is 0.814. The molecule has 43 valence electrons. The Labute approximate surface area is 51.6 Å². The molecule has 1 rings (SSSR count). The molecule has 1 N–H and O–H groups in total. The normalized spacial score (nSPS) is 17.8. The molecule has 1 amide bonds. The summed E-state index contributed by atoms with van der Waals surface area (Å²) in [7, 11) is 0. The number of rotatable bonds is 1. The van der Waals surface area contributed by atoms with Crippen LogP contribution in [-0.4, -0.2) is 23.9 Å². The van der Waals surface area contributed by atoms with Gasteiger partial charge in [0.15, 0.2) is 5.17 Å². The van der Waals surface area contributed by atoms with E-state index in [4.69, 9.17) is 0 Å². The van der Waals surface area contributed by atoms with Crippen molar-refractivity contribution in [1.29, 1.82) is 0 Å². The Morgan fingerprint density at radius 1 is 1.88 bits per heavy atom. The zero-order valence-electron chi connectivity index (χ0n) is 4.18. The topological polar surface area (TPSA) is 41.5 Å². The van der Waals surface area contributed by atoms with Gasteiger partial charge in [0.05, 0.1) is 6.54 Å². The lowest BCUT2D eigenvalue weighted by atomic mass is 10.8. The zero-order valence-corrected chi connectivity index (χ0v) is 4.99. The Morgan fingerprint density at radius 2 is 2.75 bits per heavy atom. The summed E-state index contributed by atoms with van der Waals surface area (Å²) in [5.74, 6) is 0.976. The van der Waals surface area contributed by atoms with Gasteiger partial charge in [-0.3, -0.25) is 15.1 Å². The Kier molecular flexibility index (Phi) is 1.91. The highest BCUT2D eigenvalue weighted by atomic mass is 32.2. The van der Waals surface area contributed by atoms with Crippen LogP contribution in [0, 0.1) is 0 Å². The van der Waals surface area contributed by atoms with Gasteiger partial charge in [-0.25, -0.2) is 0 Å². The molecule has 0 aliphatic carbocycles. The maximum Gasteiger partial charge on any atom is 0.315 e. The molecule has 1 radical (unpaired) electrons. The first-order valence-corrected chi connectivity index (χ1v) is 3.22. The smallest absolute Gasteiger partial charge is 0.297 e. The summed E-state index contributed by atoms with van der Waals surface area (Å²) >= 11 is 1.54. The van der Waals surface area contributed by atoms with Crippen LogP contribution in [-0.2, 0) is 4.79 Å². The van der Waals surface area contributed by atoms with E-state index in [1.54, 1.807) is 18.2 Å². The summed E-state index contributed by atoms with van der Waals surface area (Å²) in [5, 5.41) is 3.05. The molecule has 0 aromatic rings. The molecule has 0 fully saturated rings. The molecule has 0 saturated heterocycles. The molecule has 1 heterocycles. The van der Waals surface area contributed by atoms with Crippen molar-refractivity contribution >= 4 is 23.3 Å². The van der Waals surface area contributed by atoms with Crippen LogP contribution in [0.1, 0.15) is 0 Å². The highest BCUT2D eigenvalue weighted by molar-refractivity contribution is 8.14. The lowest BCUT2D eigenvalue weighted by Crippen LogP contribution is -2.15. The minimum atomic E-state index is 0.694. The third kappa shape index (κ3) is 1.23. The van der Waals surface area contributed by atoms with Gasteiger partial charge >= 0.3 is 6.41 Å². The van der Waals surface area contributed by atoms with Gasteiger partial charge in [0, 0.05) is 5.75 Å². The second kappa shape index (κ2) is 2.71. The van der Waals surface area contributed by atoms with E-state index in [1.807, 2.05) is 0 Å². The van der Waals surface area contributed by atoms with E-state index in [-0.39, 0.29) is 0 Å². The van der Waals surface area contributed by atoms with E-state index in [0.717, 1.165) is 12.3 Å². The maximum absolute atomic E-state index is 9.63. The van der Waals surface area contributed by atoms with E-state index < -0.39 is 0 Å². The second-order valence-electron chi connectivity index (χ2n) is 1.26. The summed E-state index contributed by atoms with van der Waals surface area (Å²) in [6, 6.07) is 0. The summed E-state index contributed by atoms with van der Waals surface area (Å²) in [6.07, 6.45) is 1.56. The van der Waals surface area contributed by atoms with Gasteiger partial charge in [0.1, 0.15) is 0 Å². The number of nitrogens with one attached hydrogen (secondary N) is 1. The first kappa shape index (κ1) is 5.62. The molecule has 0 unspecified atom stereocenters. The number of nitrogens with zero attached hydrogens (tertiary/aromatic N) is 1. The van der Waals surface area contributed by atoms with Gasteiger partial charge < -0.3 is 0 Å². The molecule has 3 nitrogen and oxygen atoms in total. The maximum atomic E-state index is 9.63. The van der Waals surface area contributed by atoms with Crippen molar-refractivity contribution < 1.29 is 4.79 Å². The van der Waals surface area contributed by atoms with E-state index >= 15 is 0 Å². The molecular formula is C4H5N2OS. The summed E-state index contributed by atoms with van der Waals surface area (Å²) < 4.78 is 0. The van der Waals surface area contributed by atoms with Gasteiger partial charge in [0.2, 0.25) is 0 Å². The van der Waals surface area contributed by atoms with E-state index in [0.29, 0.717) is 5.17 Å². The molecule has 0 atom stereocenters. The molecule has 8 heavy (non-hydrogen) atoms. The first-order chi connectivity index (χ1) is 3.93. The average Bonchev–Trinajstić information content (AvgIpc) is 2.19. The predicted octanol–water partition coefficient (Wildman–Crippen LogP) is -0.254. The van der Waals surface area contributed by atoms with Crippen molar-refractivity contribution in [3.8, 4) is 0 Å². The van der Waals surface area contributed by atoms with Crippen LogP contribution < -0.4 is 5.32 Å². The lowest BCUT2D eigenvalue weighted by molar-refractivity contribution is 0.552. The van der Waals surface area contributed by atoms with Crippen molar-refractivity contribution in [3.05, 3.63) is 0 Å². The third-order valence-corrected chi connectivity index (χ3v) is 1.63. The van der Waals surface area contributed by atoms with E-state index in [9.17, 15) is 4.79 Å². The lowest BCUT2D eigenvalue weighted by Gasteiger charge is -1.88. The van der Waals surface area contributed by atoms with Crippen molar-refractivity contribution in [1.82, 2.24) is 5.32 Å². The number of thioether (sulfide) groups is 1. The Bertz CT molecular complexity index is 123. The minimum absolute atomic E-state index is 0.694. The van der Waals surface area contributed by atoms with Crippen LogP contribution in [0.3, 0.4) is 0 Å². The molecule has 1 aliphatic rings. The highest BCUT2D eigenvalue weighted by Crippen LogP contribution is 2.07. The average molecular weight is 129 g/mol. The van der Waals surface area contributed by atoms with Gasteiger partial charge in [0.25, 0.3) is 0 Å². The van der Waals surface area contributed by atoms with Crippen molar-refractivity contribution in [2.75, 3.05) is 12.3 Å². The fraction of sp³-hybridized carbons (Fsp3) is 0.500. The van der Waals surface area contributed by atoms with Gasteiger partial charge in [-0.1, -0.05) is 11.8 Å². The van der Waals surface area contributed by atoms with E-state index in [2.05, 4.69) is 10.3 Å². The molecule has 1 aliphatic heterocycles. The Morgan fingerprint density at radius 3 is 3.25 bits per heavy atom. The number of carbonyl (C=O) groups excluding carboxylic acids is 1. The SMILES string of the molecule is O=[C]NC1=NCCS1. The third-order valence-electron chi connectivity index (χ3n) is 0.743. The first-order valence-electron chi connectivity index (χ1n) is 2.24. The van der Waals surface area contributed by atoms with Gasteiger partial charge in [-0.15, -0.1) is 0 Å². The fourth-order valence-electron chi connectivity index (χ4n) is 0.454. The zero-order chi connectivity index (χ0) is 5.82. The predicted molar refractivity (Wildman–Crippen MR) is 33.6 cm³/mol. The number of amidine groups is 1. The molecule has 4 heteroatoms. The van der Waals surface area contributed by atoms with Crippen molar-refractivity contribution in [3.63, 3.8) is 0 Å². The van der Waals surface area contributed by atoms with Crippen LogP contribution in [0.25, 0.3) is 0 Å². The van der Waals surface area contributed by atoms with Crippen LogP contribution in [0.4, 0.5) is 0 Å². The number of amides is 1. The summed E-state index contributed by atoms with van der Waals surface area (Å²) in [5.41, 5.74) is 0. The molecule has 0 bridgehead atoms. The molecule has 0 spiro atoms. The fourth-order valence-corrected chi connectivity index (χ4v) is 1.13. The van der Waals surface area contributed by atoms with Crippen LogP contribution >= 0.6 is 11.8 Å². The van der Waals surface area contributed by atoms with Crippen LogP contribution in [0.15, 0.2) is 4.99 Å². The van der Waals surface area contributed by atoms with Crippen molar-refractivity contribution in [2.45, 2.75) is 0 Å². The number of hydrogen-bond acceptors (Lipinski definition) is 3. The number of aliphatic imine (C=N–C) groups is 1. The summed E-state index contributed by atoms with van der Waals surface area (Å²) in [4.78, 5) is 13.6. The minimum Gasteiger partial charge on any atom is -0.297 e. The second-order valence-corrected chi connectivity index (χ2v) is 2.35. The van der Waals surface area contributed by atoms with Crippen LogP contribution in [0.5, 0.6) is 0 Å². The Balaban J connectivity index is 2.33. The quantitative estimate of drug-likeness (QED) is 0.496.